The molecule has 0 fully saturated rings. The SMILES string of the molecule is CCc1ccc(OCC(=O)N[C@H](C)CCc2ccccc2)c(Br)c1. The predicted octanol–water partition coefficient (Wildman–Crippen LogP) is 4.53. The first-order valence-electron chi connectivity index (χ1n) is 8.33. The Kier molecular flexibility index (Phi) is 7.32. The topological polar surface area (TPSA) is 38.3 Å². The number of carbonyl (C=O) groups is 1. The molecule has 0 aliphatic rings. The van der Waals surface area contributed by atoms with E-state index in [2.05, 4.69) is 40.3 Å². The average Bonchev–Trinajstić information content (AvgIpc) is 2.59. The van der Waals surface area contributed by atoms with E-state index in [1.165, 1.54) is 11.1 Å². The van der Waals surface area contributed by atoms with Crippen molar-refractivity contribution >= 4 is 21.8 Å². The van der Waals surface area contributed by atoms with Crippen molar-refractivity contribution in [1.29, 1.82) is 0 Å². The van der Waals surface area contributed by atoms with Crippen molar-refractivity contribution in [1.82, 2.24) is 5.32 Å². The Morgan fingerprint density at radius 3 is 2.58 bits per heavy atom. The molecule has 1 N–H and O–H groups in total. The summed E-state index contributed by atoms with van der Waals surface area (Å²) in [6.07, 6.45) is 2.83. The normalized spacial score (nSPS) is 11.8. The van der Waals surface area contributed by atoms with E-state index in [9.17, 15) is 4.79 Å². The minimum absolute atomic E-state index is 0.0275. The highest BCUT2D eigenvalue weighted by Crippen LogP contribution is 2.26. The fraction of sp³-hybridized carbons (Fsp3) is 0.350. The fourth-order valence-corrected chi connectivity index (χ4v) is 2.98. The summed E-state index contributed by atoms with van der Waals surface area (Å²) in [6, 6.07) is 16.3. The predicted molar refractivity (Wildman–Crippen MR) is 101 cm³/mol. The second-order valence-electron chi connectivity index (χ2n) is 5.90. The molecule has 4 heteroatoms. The van der Waals surface area contributed by atoms with Crippen molar-refractivity contribution in [2.24, 2.45) is 0 Å². The maximum atomic E-state index is 12.0. The Morgan fingerprint density at radius 1 is 1.17 bits per heavy atom. The van der Waals surface area contributed by atoms with Crippen molar-refractivity contribution in [2.45, 2.75) is 39.2 Å². The number of amides is 1. The summed E-state index contributed by atoms with van der Waals surface area (Å²) in [7, 11) is 0. The molecule has 0 heterocycles. The first-order valence-corrected chi connectivity index (χ1v) is 9.12. The van der Waals surface area contributed by atoms with Crippen LogP contribution in [0.2, 0.25) is 0 Å². The molecule has 0 saturated carbocycles. The number of hydrogen-bond acceptors (Lipinski definition) is 2. The summed E-state index contributed by atoms with van der Waals surface area (Å²) in [5.74, 6) is 0.598. The Labute approximate surface area is 152 Å². The molecule has 0 aliphatic carbocycles. The van der Waals surface area contributed by atoms with Gasteiger partial charge in [-0.05, 0) is 65.4 Å². The molecule has 0 bridgehead atoms. The summed E-state index contributed by atoms with van der Waals surface area (Å²) in [5, 5.41) is 2.98. The second kappa shape index (κ2) is 9.48. The maximum absolute atomic E-state index is 12.0. The quantitative estimate of drug-likeness (QED) is 0.720. The van der Waals surface area contributed by atoms with E-state index in [1.54, 1.807) is 0 Å². The molecule has 0 spiro atoms. The minimum Gasteiger partial charge on any atom is -0.483 e. The van der Waals surface area contributed by atoms with E-state index >= 15 is 0 Å². The van der Waals surface area contributed by atoms with Gasteiger partial charge in [0, 0.05) is 6.04 Å². The number of nitrogens with one attached hydrogen (secondary N) is 1. The molecule has 3 nitrogen and oxygen atoms in total. The van der Waals surface area contributed by atoms with Crippen LogP contribution in [0, 0.1) is 0 Å². The van der Waals surface area contributed by atoms with Gasteiger partial charge in [-0.3, -0.25) is 4.79 Å². The molecule has 128 valence electrons. The van der Waals surface area contributed by atoms with Gasteiger partial charge < -0.3 is 10.1 Å². The van der Waals surface area contributed by atoms with Crippen molar-refractivity contribution < 1.29 is 9.53 Å². The molecule has 2 aromatic rings. The lowest BCUT2D eigenvalue weighted by Crippen LogP contribution is -2.36. The Bertz CT molecular complexity index is 658. The lowest BCUT2D eigenvalue weighted by atomic mass is 10.1. The number of aryl methyl sites for hydroxylation is 2. The largest absolute Gasteiger partial charge is 0.483 e. The third-order valence-corrected chi connectivity index (χ3v) is 4.50. The van der Waals surface area contributed by atoms with E-state index in [0.717, 1.165) is 23.7 Å². The third-order valence-electron chi connectivity index (χ3n) is 3.88. The average molecular weight is 390 g/mol. The number of hydrogen-bond donors (Lipinski definition) is 1. The first kappa shape index (κ1) is 18.5. The van der Waals surface area contributed by atoms with Crippen LogP contribution in [0.5, 0.6) is 5.75 Å². The smallest absolute Gasteiger partial charge is 0.258 e. The molecule has 1 amide bonds. The summed E-state index contributed by atoms with van der Waals surface area (Å²) >= 11 is 3.48. The van der Waals surface area contributed by atoms with Crippen LogP contribution in [-0.2, 0) is 17.6 Å². The van der Waals surface area contributed by atoms with Crippen LogP contribution in [0.15, 0.2) is 53.0 Å². The molecule has 24 heavy (non-hydrogen) atoms. The Hall–Kier alpha value is -1.81. The van der Waals surface area contributed by atoms with E-state index < -0.39 is 0 Å². The van der Waals surface area contributed by atoms with Gasteiger partial charge in [-0.15, -0.1) is 0 Å². The van der Waals surface area contributed by atoms with Crippen LogP contribution in [-0.4, -0.2) is 18.6 Å². The van der Waals surface area contributed by atoms with E-state index in [1.807, 2.05) is 43.3 Å². The van der Waals surface area contributed by atoms with Crippen molar-refractivity contribution in [3.8, 4) is 5.75 Å². The summed E-state index contributed by atoms with van der Waals surface area (Å²) in [6.45, 7) is 4.15. The lowest BCUT2D eigenvalue weighted by Gasteiger charge is -2.15. The number of ether oxygens (including phenoxy) is 1. The number of rotatable bonds is 8. The zero-order valence-corrected chi connectivity index (χ0v) is 15.8. The van der Waals surface area contributed by atoms with Crippen LogP contribution in [0.25, 0.3) is 0 Å². The Morgan fingerprint density at radius 2 is 1.92 bits per heavy atom. The Balaban J connectivity index is 1.74. The summed E-state index contributed by atoms with van der Waals surface area (Å²) in [4.78, 5) is 12.0. The summed E-state index contributed by atoms with van der Waals surface area (Å²) in [5.41, 5.74) is 2.52. The molecule has 0 radical (unpaired) electrons. The highest BCUT2D eigenvalue weighted by molar-refractivity contribution is 9.10. The molecule has 0 aliphatic heterocycles. The van der Waals surface area contributed by atoms with Crippen molar-refractivity contribution in [2.75, 3.05) is 6.61 Å². The standard InChI is InChI=1S/C20H24BrNO2/c1-3-16-11-12-19(18(21)13-16)24-14-20(23)22-15(2)9-10-17-7-5-4-6-8-17/h4-8,11-13,15H,3,9-10,14H2,1-2H3,(H,22,23)/t15-/m1/s1. The number of halogens is 1. The van der Waals surface area contributed by atoms with E-state index in [4.69, 9.17) is 4.74 Å². The van der Waals surface area contributed by atoms with Crippen LogP contribution >= 0.6 is 15.9 Å². The van der Waals surface area contributed by atoms with Gasteiger partial charge in [0.2, 0.25) is 0 Å². The molecular weight excluding hydrogens is 366 g/mol. The van der Waals surface area contributed by atoms with Crippen LogP contribution in [0.4, 0.5) is 0 Å². The van der Waals surface area contributed by atoms with Crippen LogP contribution in [0.3, 0.4) is 0 Å². The van der Waals surface area contributed by atoms with Gasteiger partial charge in [-0.1, -0.05) is 43.3 Å². The highest BCUT2D eigenvalue weighted by atomic mass is 79.9. The van der Waals surface area contributed by atoms with Gasteiger partial charge in [-0.2, -0.15) is 0 Å². The zero-order chi connectivity index (χ0) is 17.4. The van der Waals surface area contributed by atoms with Gasteiger partial charge in [0.15, 0.2) is 6.61 Å². The van der Waals surface area contributed by atoms with Gasteiger partial charge >= 0.3 is 0 Å². The molecule has 1 atom stereocenters. The van der Waals surface area contributed by atoms with Gasteiger partial charge in [0.25, 0.3) is 5.91 Å². The van der Waals surface area contributed by atoms with Gasteiger partial charge in [0.05, 0.1) is 4.47 Å². The van der Waals surface area contributed by atoms with Gasteiger partial charge in [0.1, 0.15) is 5.75 Å². The van der Waals surface area contributed by atoms with E-state index in [0.29, 0.717) is 5.75 Å². The fourth-order valence-electron chi connectivity index (χ4n) is 2.44. The monoisotopic (exact) mass is 389 g/mol. The highest BCUT2D eigenvalue weighted by Gasteiger charge is 2.10. The second-order valence-corrected chi connectivity index (χ2v) is 6.75. The molecular formula is C20H24BrNO2. The zero-order valence-electron chi connectivity index (χ0n) is 14.2. The number of carbonyl (C=O) groups excluding carboxylic acids is 1. The molecule has 2 aromatic carbocycles. The number of benzene rings is 2. The first-order chi connectivity index (χ1) is 11.6. The van der Waals surface area contributed by atoms with E-state index in [-0.39, 0.29) is 18.6 Å². The lowest BCUT2D eigenvalue weighted by molar-refractivity contribution is -0.123. The third kappa shape index (κ3) is 6.00. The molecule has 0 saturated heterocycles. The van der Waals surface area contributed by atoms with Gasteiger partial charge in [-0.25, -0.2) is 0 Å². The molecule has 2 rings (SSSR count). The van der Waals surface area contributed by atoms with Crippen LogP contribution in [0.1, 0.15) is 31.4 Å². The van der Waals surface area contributed by atoms with Crippen LogP contribution < -0.4 is 10.1 Å². The van der Waals surface area contributed by atoms with Crippen molar-refractivity contribution in [3.63, 3.8) is 0 Å². The molecule has 0 unspecified atom stereocenters. The minimum atomic E-state index is -0.0953. The molecule has 0 aromatic heterocycles. The summed E-state index contributed by atoms with van der Waals surface area (Å²) < 4.78 is 6.48. The van der Waals surface area contributed by atoms with Crippen molar-refractivity contribution in [3.05, 3.63) is 64.1 Å². The maximum Gasteiger partial charge on any atom is 0.258 e.